The number of ether oxygens (including phenoxy) is 4. The average molecular weight is 518 g/mol. The Kier molecular flexibility index (Phi) is 9.51. The molecule has 200 valence electrons. The van der Waals surface area contributed by atoms with Gasteiger partial charge >= 0.3 is 5.97 Å². The molecule has 3 aromatic carbocycles. The molecule has 0 amide bonds. The van der Waals surface area contributed by atoms with Crippen LogP contribution in [0.15, 0.2) is 78.9 Å². The van der Waals surface area contributed by atoms with E-state index < -0.39 is 12.1 Å². The van der Waals surface area contributed by atoms with Gasteiger partial charge in [-0.15, -0.1) is 0 Å². The third-order valence-electron chi connectivity index (χ3n) is 6.82. The molecule has 0 aliphatic carbocycles. The van der Waals surface area contributed by atoms with Crippen molar-refractivity contribution in [3.05, 3.63) is 95.6 Å². The number of carbonyl (C=O) groups is 2. The second-order valence-corrected chi connectivity index (χ2v) is 9.39. The van der Waals surface area contributed by atoms with Crippen LogP contribution in [0.4, 0.5) is 0 Å². The van der Waals surface area contributed by atoms with E-state index in [4.69, 9.17) is 18.9 Å². The number of ketones is 1. The number of Topliss-reactive ketones (excluding diaryl/α,β-unsaturated/α-hetero) is 1. The number of benzene rings is 3. The summed E-state index contributed by atoms with van der Waals surface area (Å²) >= 11 is 0. The maximum absolute atomic E-state index is 13.5. The molecule has 1 saturated heterocycles. The van der Waals surface area contributed by atoms with Crippen molar-refractivity contribution in [3.8, 4) is 11.5 Å². The molecule has 1 N–H and O–H groups in total. The molecule has 3 aromatic rings. The van der Waals surface area contributed by atoms with E-state index in [0.717, 1.165) is 23.1 Å². The van der Waals surface area contributed by atoms with Crippen LogP contribution < -0.4 is 14.8 Å². The van der Waals surface area contributed by atoms with Gasteiger partial charge in [0.2, 0.25) is 0 Å². The Labute approximate surface area is 224 Å². The number of nitrogens with one attached hydrogen (secondary N) is 1. The van der Waals surface area contributed by atoms with Gasteiger partial charge in [-0.2, -0.15) is 0 Å². The Bertz CT molecular complexity index is 1160. The summed E-state index contributed by atoms with van der Waals surface area (Å²) in [6.45, 7) is 2.63. The first-order chi connectivity index (χ1) is 18.5. The van der Waals surface area contributed by atoms with Crippen molar-refractivity contribution in [1.29, 1.82) is 0 Å². The van der Waals surface area contributed by atoms with Crippen LogP contribution in [0.2, 0.25) is 0 Å². The number of esters is 1. The van der Waals surface area contributed by atoms with E-state index in [2.05, 4.69) is 5.32 Å². The smallest absolute Gasteiger partial charge is 0.324 e. The Balaban J connectivity index is 1.54. The molecule has 0 saturated carbocycles. The maximum Gasteiger partial charge on any atom is 0.324 e. The molecule has 1 aliphatic heterocycles. The fourth-order valence-corrected chi connectivity index (χ4v) is 4.85. The summed E-state index contributed by atoms with van der Waals surface area (Å²) in [7, 11) is 3.24. The third-order valence-corrected chi connectivity index (χ3v) is 6.82. The molecule has 1 aliphatic rings. The first-order valence-corrected chi connectivity index (χ1v) is 12.9. The van der Waals surface area contributed by atoms with E-state index in [1.807, 2.05) is 78.9 Å². The molecule has 1 fully saturated rings. The van der Waals surface area contributed by atoms with Crippen molar-refractivity contribution in [1.82, 2.24) is 5.32 Å². The fraction of sp³-hybridized carbons (Fsp3) is 0.355. The molecular weight excluding hydrogens is 482 g/mol. The predicted molar refractivity (Wildman–Crippen MR) is 144 cm³/mol. The highest BCUT2D eigenvalue weighted by atomic mass is 16.5. The molecular formula is C31H35NO6. The Hall–Kier alpha value is -3.68. The van der Waals surface area contributed by atoms with Gasteiger partial charge in [0.15, 0.2) is 17.6 Å². The Morgan fingerprint density at radius 3 is 2.13 bits per heavy atom. The first kappa shape index (κ1) is 27.4. The molecule has 4 rings (SSSR count). The highest BCUT2D eigenvalue weighted by Gasteiger charge is 2.42. The van der Waals surface area contributed by atoms with Crippen LogP contribution in [0.3, 0.4) is 0 Å². The molecule has 0 aromatic heterocycles. The predicted octanol–water partition coefficient (Wildman–Crippen LogP) is 5.05. The van der Waals surface area contributed by atoms with Crippen LogP contribution in [0.5, 0.6) is 11.5 Å². The van der Waals surface area contributed by atoms with Gasteiger partial charge < -0.3 is 18.9 Å². The number of hydrogen-bond acceptors (Lipinski definition) is 7. The minimum atomic E-state index is -0.628. The van der Waals surface area contributed by atoms with Crippen molar-refractivity contribution < 1.29 is 28.5 Å². The lowest BCUT2D eigenvalue weighted by Gasteiger charge is -2.22. The van der Waals surface area contributed by atoms with E-state index in [1.165, 1.54) is 0 Å². The molecule has 0 bridgehead atoms. The van der Waals surface area contributed by atoms with Crippen molar-refractivity contribution in [2.45, 2.75) is 38.0 Å². The zero-order valence-corrected chi connectivity index (χ0v) is 22.1. The summed E-state index contributed by atoms with van der Waals surface area (Å²) in [5, 5.41) is 3.38. The van der Waals surface area contributed by atoms with Gasteiger partial charge in [-0.05, 0) is 42.2 Å². The Morgan fingerprint density at radius 2 is 1.55 bits per heavy atom. The van der Waals surface area contributed by atoms with Gasteiger partial charge in [0.25, 0.3) is 0 Å². The number of rotatable bonds is 12. The molecule has 2 unspecified atom stereocenters. The van der Waals surface area contributed by atoms with Crippen LogP contribution in [0.25, 0.3) is 0 Å². The highest BCUT2D eigenvalue weighted by Crippen LogP contribution is 2.38. The van der Waals surface area contributed by atoms with Crippen LogP contribution in [-0.4, -0.2) is 45.2 Å². The zero-order chi connectivity index (χ0) is 26.9. The van der Waals surface area contributed by atoms with Crippen LogP contribution in [0.1, 0.15) is 48.6 Å². The summed E-state index contributed by atoms with van der Waals surface area (Å²) in [6.07, 6.45) is 0.541. The Morgan fingerprint density at radius 1 is 0.895 bits per heavy atom. The van der Waals surface area contributed by atoms with Gasteiger partial charge in [-0.25, -0.2) is 0 Å². The van der Waals surface area contributed by atoms with E-state index >= 15 is 0 Å². The van der Waals surface area contributed by atoms with Crippen molar-refractivity contribution >= 4 is 11.8 Å². The highest BCUT2D eigenvalue weighted by molar-refractivity contribution is 5.83. The van der Waals surface area contributed by atoms with Crippen LogP contribution in [0, 0.1) is 5.92 Å². The lowest BCUT2D eigenvalue weighted by molar-refractivity contribution is -0.149. The third kappa shape index (κ3) is 6.60. The standard InChI is InChI=1S/C31H35NO6/c1-21(33)25-20-26(31(34)38-30(22-11-6-4-7-12-22)23-13-8-5-9-14-23)32-29(25)24-15-16-27(36-3)28(19-24)37-18-10-17-35-2/h4-9,11-16,19,25-26,29-30,32H,10,17-18,20H2,1-3H3/t25-,26?,29?/m0/s1. The molecule has 7 nitrogen and oxygen atoms in total. The SMILES string of the molecule is COCCCOc1cc(C2NC(C(=O)OC(c3ccccc3)c3ccccc3)C[C@H]2C(C)=O)ccc1OC. The number of carbonyl (C=O) groups excluding carboxylic acids is 2. The quantitative estimate of drug-likeness (QED) is 0.266. The summed E-state index contributed by atoms with van der Waals surface area (Å²) in [6, 6.07) is 24.0. The minimum absolute atomic E-state index is 0.0128. The van der Waals surface area contributed by atoms with Gasteiger partial charge in [-0.1, -0.05) is 66.7 Å². The van der Waals surface area contributed by atoms with E-state index in [-0.39, 0.29) is 23.7 Å². The van der Waals surface area contributed by atoms with Crippen molar-refractivity contribution in [2.75, 3.05) is 27.4 Å². The molecule has 7 heteroatoms. The maximum atomic E-state index is 13.5. The topological polar surface area (TPSA) is 83.1 Å². The van der Waals surface area contributed by atoms with E-state index in [9.17, 15) is 9.59 Å². The summed E-state index contributed by atoms with van der Waals surface area (Å²) in [5.74, 6) is 0.437. The van der Waals surface area contributed by atoms with Gasteiger partial charge in [0.05, 0.1) is 13.7 Å². The summed E-state index contributed by atoms with van der Waals surface area (Å²) in [5.41, 5.74) is 2.62. The lowest BCUT2D eigenvalue weighted by atomic mass is 9.90. The van der Waals surface area contributed by atoms with Gasteiger partial charge in [0.1, 0.15) is 11.8 Å². The first-order valence-electron chi connectivity index (χ1n) is 12.9. The molecule has 3 atom stereocenters. The van der Waals surface area contributed by atoms with E-state index in [0.29, 0.717) is 31.1 Å². The molecule has 0 spiro atoms. The van der Waals surface area contributed by atoms with E-state index in [1.54, 1.807) is 21.1 Å². The number of methoxy groups -OCH3 is 2. The number of hydrogen-bond donors (Lipinski definition) is 1. The summed E-state index contributed by atoms with van der Waals surface area (Å²) in [4.78, 5) is 26.1. The minimum Gasteiger partial charge on any atom is -0.493 e. The van der Waals surface area contributed by atoms with Crippen LogP contribution in [-0.2, 0) is 19.1 Å². The monoisotopic (exact) mass is 517 g/mol. The largest absolute Gasteiger partial charge is 0.493 e. The van der Waals surface area contributed by atoms with Crippen LogP contribution >= 0.6 is 0 Å². The summed E-state index contributed by atoms with van der Waals surface area (Å²) < 4.78 is 22.6. The fourth-order valence-electron chi connectivity index (χ4n) is 4.85. The average Bonchev–Trinajstić information content (AvgIpc) is 3.41. The van der Waals surface area contributed by atoms with Crippen molar-refractivity contribution in [3.63, 3.8) is 0 Å². The molecule has 0 radical (unpaired) electrons. The normalized spacial score (nSPS) is 18.8. The lowest BCUT2D eigenvalue weighted by Crippen LogP contribution is -2.34. The second-order valence-electron chi connectivity index (χ2n) is 9.39. The van der Waals surface area contributed by atoms with Gasteiger partial charge in [-0.3, -0.25) is 14.9 Å². The van der Waals surface area contributed by atoms with Crippen molar-refractivity contribution in [2.24, 2.45) is 5.92 Å². The van der Waals surface area contributed by atoms with Gasteiger partial charge in [0, 0.05) is 32.1 Å². The second kappa shape index (κ2) is 13.2. The molecule has 1 heterocycles. The zero-order valence-electron chi connectivity index (χ0n) is 22.1. The molecule has 38 heavy (non-hydrogen) atoms.